The highest BCUT2D eigenvalue weighted by Gasteiger charge is 2.32. The first-order valence-electron chi connectivity index (χ1n) is 5.77. The zero-order valence-corrected chi connectivity index (χ0v) is 9.33. The summed E-state index contributed by atoms with van der Waals surface area (Å²) in [4.78, 5) is 11.1. The molecule has 1 aliphatic rings. The molecule has 1 aliphatic carbocycles. The number of rotatable bonds is 2. The van der Waals surface area contributed by atoms with Crippen LogP contribution in [0.25, 0.3) is 0 Å². The summed E-state index contributed by atoms with van der Waals surface area (Å²) in [6.45, 7) is 0. The normalized spacial score (nSPS) is 24.6. The lowest BCUT2D eigenvalue weighted by Crippen LogP contribution is -2.25. The Hall–Kier alpha value is -1.45. The molecule has 0 radical (unpaired) electrons. The molecule has 2 rings (SSSR count). The second-order valence-electron chi connectivity index (χ2n) is 4.51. The maximum absolute atomic E-state index is 13.1. The van der Waals surface area contributed by atoms with Gasteiger partial charge < -0.3 is 5.11 Å². The van der Waals surface area contributed by atoms with Gasteiger partial charge in [0.05, 0.1) is 5.92 Å². The molecule has 2 unspecified atom stereocenters. The van der Waals surface area contributed by atoms with Crippen molar-refractivity contribution in [2.24, 2.45) is 5.92 Å². The number of hydrogen-bond acceptors (Lipinski definition) is 1. The fourth-order valence-corrected chi connectivity index (χ4v) is 2.57. The topological polar surface area (TPSA) is 37.3 Å². The van der Waals surface area contributed by atoms with E-state index in [1.165, 1.54) is 6.07 Å². The fraction of sp³-hybridized carbons (Fsp3) is 0.462. The van der Waals surface area contributed by atoms with Crippen molar-refractivity contribution in [3.05, 3.63) is 35.4 Å². The van der Waals surface area contributed by atoms with Gasteiger partial charge in [0.15, 0.2) is 11.6 Å². The van der Waals surface area contributed by atoms with Crippen LogP contribution in [0.1, 0.15) is 37.2 Å². The number of carboxylic acids is 1. The summed E-state index contributed by atoms with van der Waals surface area (Å²) >= 11 is 0. The van der Waals surface area contributed by atoms with E-state index in [0.717, 1.165) is 31.4 Å². The fourth-order valence-electron chi connectivity index (χ4n) is 2.57. The van der Waals surface area contributed by atoms with Crippen LogP contribution in [0.15, 0.2) is 18.2 Å². The Morgan fingerprint density at radius 3 is 2.53 bits per heavy atom. The SMILES string of the molecule is O=C(O)C1CCCCC1c1ccc(F)c(F)c1. The molecule has 0 spiro atoms. The van der Waals surface area contributed by atoms with E-state index in [1.807, 2.05) is 0 Å². The summed E-state index contributed by atoms with van der Waals surface area (Å²) in [7, 11) is 0. The van der Waals surface area contributed by atoms with Crippen LogP contribution in [-0.4, -0.2) is 11.1 Å². The van der Waals surface area contributed by atoms with Crippen molar-refractivity contribution in [2.75, 3.05) is 0 Å². The van der Waals surface area contributed by atoms with E-state index in [-0.39, 0.29) is 5.92 Å². The van der Waals surface area contributed by atoms with Gasteiger partial charge >= 0.3 is 5.97 Å². The molecule has 0 amide bonds. The van der Waals surface area contributed by atoms with Gasteiger partial charge in [-0.1, -0.05) is 18.9 Å². The molecule has 1 aromatic carbocycles. The first kappa shape index (κ1) is 12.0. The van der Waals surface area contributed by atoms with Crippen LogP contribution in [0.2, 0.25) is 0 Å². The van der Waals surface area contributed by atoms with Gasteiger partial charge in [0.25, 0.3) is 0 Å². The molecule has 1 saturated carbocycles. The molecular formula is C13H14F2O2. The highest BCUT2D eigenvalue weighted by atomic mass is 19.2. The minimum absolute atomic E-state index is 0.198. The molecule has 1 aromatic rings. The molecule has 0 heterocycles. The van der Waals surface area contributed by atoms with Crippen molar-refractivity contribution in [1.82, 2.24) is 0 Å². The average Bonchev–Trinajstić information content (AvgIpc) is 2.32. The third kappa shape index (κ3) is 2.46. The summed E-state index contributed by atoms with van der Waals surface area (Å²) in [6.07, 6.45) is 3.16. The van der Waals surface area contributed by atoms with E-state index in [2.05, 4.69) is 0 Å². The summed E-state index contributed by atoms with van der Waals surface area (Å²) in [6, 6.07) is 3.68. The first-order valence-corrected chi connectivity index (χ1v) is 5.77. The Labute approximate surface area is 98.3 Å². The van der Waals surface area contributed by atoms with E-state index in [9.17, 15) is 13.6 Å². The third-order valence-corrected chi connectivity index (χ3v) is 3.45. The van der Waals surface area contributed by atoms with Crippen LogP contribution in [0, 0.1) is 17.6 Å². The molecule has 1 N–H and O–H groups in total. The number of benzene rings is 1. The van der Waals surface area contributed by atoms with E-state index in [4.69, 9.17) is 5.11 Å². The van der Waals surface area contributed by atoms with Gasteiger partial charge in [-0.2, -0.15) is 0 Å². The highest BCUT2D eigenvalue weighted by molar-refractivity contribution is 5.71. The van der Waals surface area contributed by atoms with Gasteiger partial charge in [-0.25, -0.2) is 8.78 Å². The van der Waals surface area contributed by atoms with Gasteiger partial charge in [0, 0.05) is 0 Å². The van der Waals surface area contributed by atoms with Gasteiger partial charge in [-0.15, -0.1) is 0 Å². The number of hydrogen-bond donors (Lipinski definition) is 1. The predicted molar refractivity (Wildman–Crippen MR) is 58.7 cm³/mol. The van der Waals surface area contributed by atoms with Crippen molar-refractivity contribution in [3.63, 3.8) is 0 Å². The van der Waals surface area contributed by atoms with E-state index >= 15 is 0 Å². The molecule has 0 aromatic heterocycles. The first-order chi connectivity index (χ1) is 8.09. The molecule has 2 nitrogen and oxygen atoms in total. The van der Waals surface area contributed by atoms with Crippen molar-refractivity contribution in [2.45, 2.75) is 31.6 Å². The van der Waals surface area contributed by atoms with Gasteiger partial charge in [-0.3, -0.25) is 4.79 Å². The van der Waals surface area contributed by atoms with Crippen LogP contribution >= 0.6 is 0 Å². The van der Waals surface area contributed by atoms with Crippen molar-refractivity contribution < 1.29 is 18.7 Å². The second kappa shape index (κ2) is 4.82. The summed E-state index contributed by atoms with van der Waals surface area (Å²) in [5.41, 5.74) is 0.594. The highest BCUT2D eigenvalue weighted by Crippen LogP contribution is 2.38. The Balaban J connectivity index is 2.29. The van der Waals surface area contributed by atoms with Crippen molar-refractivity contribution in [1.29, 1.82) is 0 Å². The number of carboxylic acid groups (broad SMARTS) is 1. The maximum atomic E-state index is 13.1. The smallest absolute Gasteiger partial charge is 0.307 e. The van der Waals surface area contributed by atoms with Gasteiger partial charge in [-0.05, 0) is 36.5 Å². The van der Waals surface area contributed by atoms with Crippen LogP contribution in [0.5, 0.6) is 0 Å². The standard InChI is InChI=1S/C13H14F2O2/c14-11-6-5-8(7-12(11)15)9-3-1-2-4-10(9)13(16)17/h5-7,9-10H,1-4H2,(H,16,17). The van der Waals surface area contributed by atoms with Gasteiger partial charge in [0.1, 0.15) is 0 Å². The molecule has 4 heteroatoms. The van der Waals surface area contributed by atoms with Crippen molar-refractivity contribution in [3.8, 4) is 0 Å². The summed E-state index contributed by atoms with van der Waals surface area (Å²) in [5, 5.41) is 9.13. The quantitative estimate of drug-likeness (QED) is 0.861. The maximum Gasteiger partial charge on any atom is 0.307 e. The van der Waals surface area contributed by atoms with E-state index < -0.39 is 23.5 Å². The monoisotopic (exact) mass is 240 g/mol. The Morgan fingerprint density at radius 1 is 1.18 bits per heavy atom. The summed E-state index contributed by atoms with van der Waals surface area (Å²) in [5.74, 6) is -3.32. The molecular weight excluding hydrogens is 226 g/mol. The zero-order valence-electron chi connectivity index (χ0n) is 9.33. The minimum atomic E-state index is -0.905. The minimum Gasteiger partial charge on any atom is -0.481 e. The van der Waals surface area contributed by atoms with E-state index in [0.29, 0.717) is 12.0 Å². The predicted octanol–water partition coefficient (Wildman–Crippen LogP) is 3.32. The molecule has 1 fully saturated rings. The van der Waals surface area contributed by atoms with Crippen LogP contribution in [0.4, 0.5) is 8.78 Å². The van der Waals surface area contributed by atoms with E-state index in [1.54, 1.807) is 0 Å². The zero-order chi connectivity index (χ0) is 12.4. The second-order valence-corrected chi connectivity index (χ2v) is 4.51. The Morgan fingerprint density at radius 2 is 1.88 bits per heavy atom. The Bertz CT molecular complexity index is 431. The number of aliphatic carboxylic acids is 1. The summed E-state index contributed by atoms with van der Waals surface area (Å²) < 4.78 is 26.0. The number of carbonyl (C=O) groups is 1. The lowest BCUT2D eigenvalue weighted by Gasteiger charge is -2.28. The lowest BCUT2D eigenvalue weighted by molar-refractivity contribution is -0.143. The number of halogens is 2. The average molecular weight is 240 g/mol. The van der Waals surface area contributed by atoms with Crippen LogP contribution in [0.3, 0.4) is 0 Å². The van der Waals surface area contributed by atoms with Crippen molar-refractivity contribution >= 4 is 5.97 Å². The van der Waals surface area contributed by atoms with Crippen LogP contribution < -0.4 is 0 Å². The molecule has 92 valence electrons. The van der Waals surface area contributed by atoms with Gasteiger partial charge in [0.2, 0.25) is 0 Å². The molecule has 0 aliphatic heterocycles. The Kier molecular flexibility index (Phi) is 3.41. The van der Waals surface area contributed by atoms with Crippen LogP contribution in [-0.2, 0) is 4.79 Å². The lowest BCUT2D eigenvalue weighted by atomic mass is 9.75. The molecule has 17 heavy (non-hydrogen) atoms. The molecule has 0 saturated heterocycles. The third-order valence-electron chi connectivity index (χ3n) is 3.45. The molecule has 0 bridgehead atoms. The largest absolute Gasteiger partial charge is 0.481 e. The molecule has 2 atom stereocenters.